The third-order valence-corrected chi connectivity index (χ3v) is 2.50. The molecule has 0 aliphatic heterocycles. The molecule has 7 heteroatoms. The third-order valence-electron chi connectivity index (χ3n) is 2.50. The smallest absolute Gasteiger partial charge is 0.105 e. The zero-order valence-electron chi connectivity index (χ0n) is 8.85. The molecule has 7 nitrogen and oxygen atoms in total. The van der Waals surface area contributed by atoms with Crippen LogP contribution < -0.4 is 0 Å². The van der Waals surface area contributed by atoms with Crippen LogP contribution in [0.1, 0.15) is 11.7 Å². The molecular weight excluding hydrogens is 222 g/mol. The Hall–Kier alpha value is -2.08. The minimum absolute atomic E-state index is 0.166. The fourth-order valence-corrected chi connectivity index (χ4v) is 1.59. The lowest BCUT2D eigenvalue weighted by molar-refractivity contribution is 0.0245. The molecule has 0 radical (unpaired) electrons. The van der Waals surface area contributed by atoms with Crippen LogP contribution in [0.2, 0.25) is 0 Å². The lowest BCUT2D eigenvalue weighted by Gasteiger charge is -2.16. The van der Waals surface area contributed by atoms with E-state index in [0.717, 1.165) is 10.9 Å². The molecule has 0 saturated heterocycles. The number of aromatic nitrogens is 2. The summed E-state index contributed by atoms with van der Waals surface area (Å²) in [4.78, 5) is 2.53. The molecule has 0 saturated carbocycles. The van der Waals surface area contributed by atoms with Crippen LogP contribution in [0.4, 0.5) is 0 Å². The zero-order valence-corrected chi connectivity index (χ0v) is 8.85. The predicted molar refractivity (Wildman–Crippen MR) is 61.1 cm³/mol. The third kappa shape index (κ3) is 2.36. The number of nitrogens with zero attached hydrogens (tertiary/aromatic N) is 4. The molecule has 1 aromatic heterocycles. The van der Waals surface area contributed by atoms with E-state index in [1.165, 1.54) is 0 Å². The van der Waals surface area contributed by atoms with Crippen molar-refractivity contribution in [3.63, 3.8) is 0 Å². The second kappa shape index (κ2) is 4.84. The number of aliphatic hydroxyl groups is 2. The molecule has 1 aromatic carbocycles. The highest BCUT2D eigenvalue weighted by molar-refractivity contribution is 5.78. The first-order chi connectivity index (χ1) is 8.22. The number of aliphatic hydroxyl groups excluding tert-OH is 2. The van der Waals surface area contributed by atoms with Crippen molar-refractivity contribution in [1.82, 2.24) is 10.2 Å². The maximum atomic E-state index is 9.85. The van der Waals surface area contributed by atoms with Gasteiger partial charge in [-0.15, -0.1) is 0 Å². The summed E-state index contributed by atoms with van der Waals surface area (Å²) in [6.07, 6.45) is -0.569. The number of hydrogen-bond acceptors (Lipinski definition) is 4. The molecule has 3 N–H and O–H groups in total. The van der Waals surface area contributed by atoms with Gasteiger partial charge in [0.15, 0.2) is 0 Å². The topological polar surface area (TPSA) is 118 Å². The molecule has 2 atom stereocenters. The van der Waals surface area contributed by atoms with Crippen LogP contribution in [0.15, 0.2) is 29.5 Å². The van der Waals surface area contributed by atoms with Crippen LogP contribution in [0.25, 0.3) is 21.3 Å². The first-order valence-corrected chi connectivity index (χ1v) is 5.02. The number of nitrogens with one attached hydrogen (secondary N) is 1. The Balaban J connectivity index is 2.22. The molecule has 2 unspecified atom stereocenters. The van der Waals surface area contributed by atoms with E-state index in [4.69, 9.17) is 5.53 Å². The number of aromatic amines is 1. The molecule has 0 bridgehead atoms. The van der Waals surface area contributed by atoms with E-state index < -0.39 is 12.2 Å². The molecule has 0 fully saturated rings. The van der Waals surface area contributed by atoms with Crippen molar-refractivity contribution < 1.29 is 10.2 Å². The second-order valence-corrected chi connectivity index (χ2v) is 3.64. The summed E-state index contributed by atoms with van der Waals surface area (Å²) >= 11 is 0. The lowest BCUT2D eigenvalue weighted by Crippen LogP contribution is -2.21. The van der Waals surface area contributed by atoms with Crippen LogP contribution in [0.5, 0.6) is 0 Å². The van der Waals surface area contributed by atoms with E-state index in [1.807, 2.05) is 0 Å². The number of H-pyrrole nitrogens is 1. The highest BCUT2D eigenvalue weighted by Gasteiger charge is 2.17. The fourth-order valence-electron chi connectivity index (χ4n) is 1.59. The molecule has 88 valence electrons. The molecule has 1 heterocycles. The van der Waals surface area contributed by atoms with E-state index in [1.54, 1.807) is 24.4 Å². The summed E-state index contributed by atoms with van der Waals surface area (Å²) in [5.41, 5.74) is 9.54. The molecule has 0 amide bonds. The number of benzene rings is 1. The van der Waals surface area contributed by atoms with Gasteiger partial charge < -0.3 is 10.2 Å². The van der Waals surface area contributed by atoms with Crippen molar-refractivity contribution in [3.8, 4) is 0 Å². The average molecular weight is 233 g/mol. The van der Waals surface area contributed by atoms with E-state index in [0.29, 0.717) is 5.56 Å². The SMILES string of the molecule is [N-]=[N+]=NCC(O)C(O)c1ccc2[nH]ncc2c1. The van der Waals surface area contributed by atoms with Crippen molar-refractivity contribution in [2.45, 2.75) is 12.2 Å². The largest absolute Gasteiger partial charge is 0.390 e. The summed E-state index contributed by atoms with van der Waals surface area (Å²) < 4.78 is 0. The summed E-state index contributed by atoms with van der Waals surface area (Å²) in [6, 6.07) is 5.18. The molecule has 0 spiro atoms. The van der Waals surface area contributed by atoms with Gasteiger partial charge in [0.2, 0.25) is 0 Å². The van der Waals surface area contributed by atoms with Gasteiger partial charge in [-0.3, -0.25) is 5.10 Å². The van der Waals surface area contributed by atoms with Gasteiger partial charge in [0.25, 0.3) is 0 Å². The summed E-state index contributed by atoms with van der Waals surface area (Å²) in [6.45, 7) is -0.166. The predicted octanol–water partition coefficient (Wildman–Crippen LogP) is 1.27. The van der Waals surface area contributed by atoms with E-state index in [2.05, 4.69) is 20.2 Å². The number of azide groups is 1. The van der Waals surface area contributed by atoms with Gasteiger partial charge in [-0.25, -0.2) is 0 Å². The summed E-state index contributed by atoms with van der Waals surface area (Å²) in [5.74, 6) is 0. The minimum atomic E-state index is -1.12. The number of rotatable bonds is 4. The van der Waals surface area contributed by atoms with Crippen LogP contribution in [-0.4, -0.2) is 33.1 Å². The Morgan fingerprint density at radius 3 is 3.06 bits per heavy atom. The van der Waals surface area contributed by atoms with Gasteiger partial charge in [0, 0.05) is 10.3 Å². The van der Waals surface area contributed by atoms with Gasteiger partial charge in [0.05, 0.1) is 24.4 Å². The molecule has 0 aliphatic rings. The molecule has 2 rings (SSSR count). The van der Waals surface area contributed by atoms with Gasteiger partial charge >= 0.3 is 0 Å². The molecule has 0 aliphatic carbocycles. The second-order valence-electron chi connectivity index (χ2n) is 3.64. The summed E-state index contributed by atoms with van der Waals surface area (Å²) in [7, 11) is 0. The van der Waals surface area contributed by atoms with E-state index in [9.17, 15) is 10.2 Å². The Morgan fingerprint density at radius 1 is 1.47 bits per heavy atom. The van der Waals surface area contributed by atoms with Crippen LogP contribution in [0, 0.1) is 0 Å². The highest BCUT2D eigenvalue weighted by atomic mass is 16.3. The van der Waals surface area contributed by atoms with Crippen molar-refractivity contribution >= 4 is 10.9 Å². The van der Waals surface area contributed by atoms with Crippen LogP contribution >= 0.6 is 0 Å². The van der Waals surface area contributed by atoms with E-state index in [-0.39, 0.29) is 6.54 Å². The Morgan fingerprint density at radius 2 is 2.29 bits per heavy atom. The summed E-state index contributed by atoms with van der Waals surface area (Å²) in [5, 5.41) is 30.2. The molecular formula is C10H11N5O2. The first kappa shape index (κ1) is 11.4. The first-order valence-electron chi connectivity index (χ1n) is 5.02. The van der Waals surface area contributed by atoms with Gasteiger partial charge in [0.1, 0.15) is 6.10 Å². The normalized spacial score (nSPS) is 14.2. The van der Waals surface area contributed by atoms with Crippen LogP contribution in [0.3, 0.4) is 0 Å². The van der Waals surface area contributed by atoms with Gasteiger partial charge in [-0.1, -0.05) is 11.2 Å². The number of fused-ring (bicyclic) bond motifs is 1. The van der Waals surface area contributed by atoms with Crippen molar-refractivity contribution in [3.05, 3.63) is 40.4 Å². The minimum Gasteiger partial charge on any atom is -0.390 e. The van der Waals surface area contributed by atoms with Crippen molar-refractivity contribution in [2.24, 2.45) is 5.11 Å². The average Bonchev–Trinajstić information content (AvgIpc) is 2.81. The van der Waals surface area contributed by atoms with Crippen molar-refractivity contribution in [1.29, 1.82) is 0 Å². The van der Waals surface area contributed by atoms with E-state index >= 15 is 0 Å². The highest BCUT2D eigenvalue weighted by Crippen LogP contribution is 2.21. The Labute approximate surface area is 96.3 Å². The quantitative estimate of drug-likeness (QED) is 0.419. The maximum absolute atomic E-state index is 9.85. The molecule has 2 aromatic rings. The monoisotopic (exact) mass is 233 g/mol. The Bertz CT molecular complexity index is 561. The Kier molecular flexibility index (Phi) is 3.24. The maximum Gasteiger partial charge on any atom is 0.105 e. The standard InChI is InChI=1S/C10H11N5O2/c11-15-13-5-9(16)10(17)6-1-2-8-7(3-6)4-12-14-8/h1-4,9-10,16-17H,5H2,(H,12,14). The van der Waals surface area contributed by atoms with Crippen LogP contribution in [-0.2, 0) is 0 Å². The lowest BCUT2D eigenvalue weighted by atomic mass is 10.0. The molecule has 17 heavy (non-hydrogen) atoms. The van der Waals surface area contributed by atoms with Gasteiger partial charge in [-0.05, 0) is 23.2 Å². The van der Waals surface area contributed by atoms with Gasteiger partial charge in [-0.2, -0.15) is 5.10 Å². The van der Waals surface area contributed by atoms with Crippen molar-refractivity contribution in [2.75, 3.05) is 6.54 Å². The fraction of sp³-hybridized carbons (Fsp3) is 0.300. The number of hydrogen-bond donors (Lipinski definition) is 3. The zero-order chi connectivity index (χ0) is 12.3.